The molecule has 0 aliphatic rings. The lowest BCUT2D eigenvalue weighted by Gasteiger charge is -2.19. The second-order valence-electron chi connectivity index (χ2n) is 4.00. The number of nitrogen functional groups attached to an aromatic ring is 1. The lowest BCUT2D eigenvalue weighted by atomic mass is 10.2. The van der Waals surface area contributed by atoms with Gasteiger partial charge in [-0.05, 0) is 33.6 Å². The van der Waals surface area contributed by atoms with E-state index in [1.165, 1.54) is 12.1 Å². The molecule has 5 nitrogen and oxygen atoms in total. The van der Waals surface area contributed by atoms with Crippen LogP contribution < -0.4 is 16.2 Å². The first-order valence-corrected chi connectivity index (χ1v) is 6.34. The quantitative estimate of drug-likeness (QED) is 0.667. The Kier molecular flexibility index (Phi) is 4.28. The molecular weight excluding hydrogens is 313 g/mol. The molecule has 0 radical (unpaired) electrons. The highest BCUT2D eigenvalue weighted by atomic mass is 79.9. The molecule has 100 valence electrons. The van der Waals surface area contributed by atoms with Crippen LogP contribution in [0.25, 0.3) is 0 Å². The van der Waals surface area contributed by atoms with Gasteiger partial charge in [0.15, 0.2) is 0 Å². The summed E-state index contributed by atoms with van der Waals surface area (Å²) in [5.41, 5.74) is 3.25. The lowest BCUT2D eigenvalue weighted by Crippen LogP contribution is -2.20. The average molecular weight is 326 g/mol. The maximum atomic E-state index is 13.1. The summed E-state index contributed by atoms with van der Waals surface area (Å²) in [5, 5.41) is 0. The number of hydrogen-bond acceptors (Lipinski definition) is 5. The molecule has 0 unspecified atom stereocenters. The number of halogens is 2. The van der Waals surface area contributed by atoms with Crippen LogP contribution in [-0.2, 0) is 6.54 Å². The second-order valence-corrected chi connectivity index (χ2v) is 4.85. The number of aromatic nitrogens is 2. The Hall–Kier alpha value is -1.73. The Balaban J connectivity index is 2.22. The van der Waals surface area contributed by atoms with E-state index >= 15 is 0 Å². The van der Waals surface area contributed by atoms with Crippen molar-refractivity contribution in [1.29, 1.82) is 0 Å². The largest absolute Gasteiger partial charge is 0.354 e. The number of nitrogens with zero attached hydrogens (tertiary/aromatic N) is 3. The van der Waals surface area contributed by atoms with Gasteiger partial charge in [0.05, 0.1) is 4.47 Å². The van der Waals surface area contributed by atoms with Crippen molar-refractivity contribution in [3.63, 3.8) is 0 Å². The number of benzene rings is 1. The summed E-state index contributed by atoms with van der Waals surface area (Å²) in [6.45, 7) is 0.525. The summed E-state index contributed by atoms with van der Waals surface area (Å²) in [7, 11) is 1.86. The fourth-order valence-electron chi connectivity index (χ4n) is 1.68. The zero-order valence-electron chi connectivity index (χ0n) is 10.3. The average Bonchev–Trinajstić information content (AvgIpc) is 2.39. The molecule has 0 saturated carbocycles. The monoisotopic (exact) mass is 325 g/mol. The van der Waals surface area contributed by atoms with Crippen LogP contribution in [0, 0.1) is 5.82 Å². The third-order valence-corrected chi connectivity index (χ3v) is 3.08. The second kappa shape index (κ2) is 5.94. The van der Waals surface area contributed by atoms with Crippen molar-refractivity contribution in [2.75, 3.05) is 17.4 Å². The number of anilines is 2. The number of nitrogens with one attached hydrogen (secondary N) is 1. The van der Waals surface area contributed by atoms with Gasteiger partial charge in [-0.1, -0.05) is 12.1 Å². The zero-order valence-corrected chi connectivity index (χ0v) is 11.9. The summed E-state index contributed by atoms with van der Waals surface area (Å²) >= 11 is 3.38. The van der Waals surface area contributed by atoms with Crippen LogP contribution in [0.1, 0.15) is 5.56 Å². The molecular formula is C12H13BrFN5. The number of rotatable bonds is 4. The molecule has 0 bridgehead atoms. The first-order chi connectivity index (χ1) is 9.10. The van der Waals surface area contributed by atoms with Crippen LogP contribution in [-0.4, -0.2) is 17.0 Å². The number of nitrogens with two attached hydrogens (primary N) is 1. The summed E-state index contributed by atoms with van der Waals surface area (Å²) in [4.78, 5) is 10.1. The van der Waals surface area contributed by atoms with E-state index in [4.69, 9.17) is 5.84 Å². The molecule has 7 heteroatoms. The Morgan fingerprint density at radius 1 is 1.47 bits per heavy atom. The topological polar surface area (TPSA) is 67.1 Å². The van der Waals surface area contributed by atoms with Crippen LogP contribution in [0.15, 0.2) is 34.9 Å². The first-order valence-electron chi connectivity index (χ1n) is 5.55. The molecule has 0 aliphatic heterocycles. The van der Waals surface area contributed by atoms with Crippen molar-refractivity contribution in [1.82, 2.24) is 9.97 Å². The minimum atomic E-state index is -0.253. The molecule has 0 fully saturated rings. The SMILES string of the molecule is CN(Cc1cccc(F)c1)c1nc(NN)ncc1Br. The predicted octanol–water partition coefficient (Wildman–Crippen LogP) is 2.30. The molecule has 1 aromatic heterocycles. The molecule has 0 atom stereocenters. The highest BCUT2D eigenvalue weighted by Gasteiger charge is 2.10. The Labute approximate surface area is 118 Å². The molecule has 1 heterocycles. The van der Waals surface area contributed by atoms with Crippen molar-refractivity contribution >= 4 is 27.7 Å². The Morgan fingerprint density at radius 3 is 2.95 bits per heavy atom. The first kappa shape index (κ1) is 13.7. The van der Waals surface area contributed by atoms with E-state index in [0.717, 1.165) is 10.0 Å². The molecule has 1 aromatic carbocycles. The van der Waals surface area contributed by atoms with E-state index in [1.54, 1.807) is 12.3 Å². The summed E-state index contributed by atoms with van der Waals surface area (Å²) < 4.78 is 13.9. The maximum absolute atomic E-state index is 13.1. The van der Waals surface area contributed by atoms with Gasteiger partial charge in [0.2, 0.25) is 5.95 Å². The van der Waals surface area contributed by atoms with E-state index in [9.17, 15) is 4.39 Å². The Morgan fingerprint density at radius 2 is 2.26 bits per heavy atom. The van der Waals surface area contributed by atoms with Crippen molar-refractivity contribution < 1.29 is 4.39 Å². The van der Waals surface area contributed by atoms with Gasteiger partial charge in [-0.3, -0.25) is 5.43 Å². The van der Waals surface area contributed by atoms with Crippen molar-refractivity contribution in [2.45, 2.75) is 6.54 Å². The smallest absolute Gasteiger partial charge is 0.239 e. The highest BCUT2D eigenvalue weighted by molar-refractivity contribution is 9.10. The summed E-state index contributed by atoms with van der Waals surface area (Å²) in [5.74, 6) is 6.03. The third kappa shape index (κ3) is 3.39. The molecule has 0 aliphatic carbocycles. The normalized spacial score (nSPS) is 10.3. The van der Waals surface area contributed by atoms with Gasteiger partial charge in [-0.15, -0.1) is 0 Å². The minimum absolute atomic E-state index is 0.253. The standard InChI is InChI=1S/C12H13BrFN5/c1-19(7-8-3-2-4-9(14)5-8)11-10(13)6-16-12(17-11)18-15/h2-6H,7,15H2,1H3,(H,16,17,18). The van der Waals surface area contributed by atoms with E-state index in [2.05, 4.69) is 31.3 Å². The van der Waals surface area contributed by atoms with Crippen LogP contribution in [0.3, 0.4) is 0 Å². The zero-order chi connectivity index (χ0) is 13.8. The fraction of sp³-hybridized carbons (Fsp3) is 0.167. The predicted molar refractivity (Wildman–Crippen MR) is 76.0 cm³/mol. The number of hydrazine groups is 1. The maximum Gasteiger partial charge on any atom is 0.239 e. The lowest BCUT2D eigenvalue weighted by molar-refractivity contribution is 0.625. The van der Waals surface area contributed by atoms with E-state index in [1.807, 2.05) is 18.0 Å². The van der Waals surface area contributed by atoms with Crippen LogP contribution in [0.5, 0.6) is 0 Å². The molecule has 2 rings (SSSR count). The van der Waals surface area contributed by atoms with Gasteiger partial charge < -0.3 is 4.90 Å². The van der Waals surface area contributed by atoms with Gasteiger partial charge in [0.25, 0.3) is 0 Å². The van der Waals surface area contributed by atoms with Gasteiger partial charge in [-0.2, -0.15) is 4.98 Å². The van der Waals surface area contributed by atoms with Gasteiger partial charge in [0.1, 0.15) is 11.6 Å². The van der Waals surface area contributed by atoms with Crippen molar-refractivity contribution in [3.05, 3.63) is 46.3 Å². The fourth-order valence-corrected chi connectivity index (χ4v) is 2.17. The molecule has 0 saturated heterocycles. The summed E-state index contributed by atoms with van der Waals surface area (Å²) in [6.07, 6.45) is 1.61. The number of hydrogen-bond donors (Lipinski definition) is 2. The minimum Gasteiger partial charge on any atom is -0.354 e. The third-order valence-electron chi connectivity index (χ3n) is 2.53. The van der Waals surface area contributed by atoms with Crippen molar-refractivity contribution in [3.8, 4) is 0 Å². The molecule has 19 heavy (non-hydrogen) atoms. The van der Waals surface area contributed by atoms with E-state index < -0.39 is 0 Å². The van der Waals surface area contributed by atoms with Gasteiger partial charge in [0, 0.05) is 19.8 Å². The highest BCUT2D eigenvalue weighted by Crippen LogP contribution is 2.24. The molecule has 3 N–H and O–H groups in total. The van der Waals surface area contributed by atoms with Gasteiger partial charge in [-0.25, -0.2) is 15.2 Å². The molecule has 0 spiro atoms. The van der Waals surface area contributed by atoms with Crippen LogP contribution >= 0.6 is 15.9 Å². The van der Waals surface area contributed by atoms with Crippen LogP contribution in [0.4, 0.5) is 16.2 Å². The summed E-state index contributed by atoms with van der Waals surface area (Å²) in [6, 6.07) is 6.45. The van der Waals surface area contributed by atoms with Gasteiger partial charge >= 0.3 is 0 Å². The Bertz CT molecular complexity index is 578. The van der Waals surface area contributed by atoms with E-state index in [-0.39, 0.29) is 5.82 Å². The van der Waals surface area contributed by atoms with Crippen LogP contribution in [0.2, 0.25) is 0 Å². The van der Waals surface area contributed by atoms with Crippen molar-refractivity contribution in [2.24, 2.45) is 5.84 Å². The molecule has 2 aromatic rings. The van der Waals surface area contributed by atoms with E-state index in [0.29, 0.717) is 18.3 Å². The molecule has 0 amide bonds.